The molecule has 154 valence electrons. The topological polar surface area (TPSA) is 108 Å². The van der Waals surface area contributed by atoms with Crippen molar-refractivity contribution in [2.75, 3.05) is 0 Å². The maximum absolute atomic E-state index is 12.7. The van der Waals surface area contributed by atoms with E-state index in [-0.39, 0.29) is 18.9 Å². The normalized spacial score (nSPS) is 12.7. The van der Waals surface area contributed by atoms with Crippen molar-refractivity contribution in [3.05, 3.63) is 71.8 Å². The van der Waals surface area contributed by atoms with Crippen LogP contribution in [0.4, 0.5) is 4.79 Å². The Kier molecular flexibility index (Phi) is 8.21. The van der Waals surface area contributed by atoms with Gasteiger partial charge in [-0.3, -0.25) is 4.79 Å². The Balaban J connectivity index is 2.06. The fourth-order valence-electron chi connectivity index (χ4n) is 2.72. The average Bonchev–Trinajstić information content (AvgIpc) is 2.71. The minimum absolute atomic E-state index is 0.0556. The first-order chi connectivity index (χ1) is 13.9. The van der Waals surface area contributed by atoms with Gasteiger partial charge in [0.25, 0.3) is 0 Å². The van der Waals surface area contributed by atoms with Crippen LogP contribution in [0.1, 0.15) is 25.0 Å². The minimum Gasteiger partial charge on any atom is -0.548 e. The number of carbonyl (C=O) groups is 3. The molecule has 2 amide bonds. The Bertz CT molecular complexity index is 808. The SMILES string of the molecule is CC(C)[C@H](NC(=O)[C@H](Cc1ccccc1)NC(=O)OCc1ccccc1)C(=O)[O-]. The van der Waals surface area contributed by atoms with Crippen LogP contribution in [0.25, 0.3) is 0 Å². The highest BCUT2D eigenvalue weighted by atomic mass is 16.5. The molecular weight excluding hydrogens is 372 g/mol. The van der Waals surface area contributed by atoms with Gasteiger partial charge in [-0.05, 0) is 17.0 Å². The third-order valence-electron chi connectivity index (χ3n) is 4.32. The van der Waals surface area contributed by atoms with Crippen LogP contribution >= 0.6 is 0 Å². The molecule has 0 aliphatic heterocycles. The van der Waals surface area contributed by atoms with Gasteiger partial charge in [-0.2, -0.15) is 0 Å². The predicted molar refractivity (Wildman–Crippen MR) is 105 cm³/mol. The molecule has 0 fully saturated rings. The largest absolute Gasteiger partial charge is 0.548 e. The van der Waals surface area contributed by atoms with Crippen molar-refractivity contribution in [2.45, 2.75) is 39.0 Å². The standard InChI is InChI=1S/C22H26N2O5/c1-15(2)19(21(26)27)24-20(25)18(13-16-9-5-3-6-10-16)23-22(28)29-14-17-11-7-4-8-12-17/h3-12,15,18-19H,13-14H2,1-2H3,(H,23,28)(H,24,25)(H,26,27)/p-1/t18-,19-/m0/s1. The summed E-state index contributed by atoms with van der Waals surface area (Å²) < 4.78 is 5.19. The molecule has 0 unspecified atom stereocenters. The van der Waals surface area contributed by atoms with Gasteiger partial charge in [-0.1, -0.05) is 74.5 Å². The number of aliphatic carboxylic acids is 1. The monoisotopic (exact) mass is 397 g/mol. The lowest BCUT2D eigenvalue weighted by Gasteiger charge is -2.26. The molecule has 0 radical (unpaired) electrons. The number of benzene rings is 2. The summed E-state index contributed by atoms with van der Waals surface area (Å²) in [6, 6.07) is 16.1. The van der Waals surface area contributed by atoms with Crippen molar-refractivity contribution in [1.82, 2.24) is 10.6 Å². The van der Waals surface area contributed by atoms with Gasteiger partial charge in [-0.15, -0.1) is 0 Å². The molecule has 0 aliphatic carbocycles. The Labute approximate surface area is 170 Å². The molecule has 0 heterocycles. The van der Waals surface area contributed by atoms with Crippen molar-refractivity contribution in [3.8, 4) is 0 Å². The van der Waals surface area contributed by atoms with Gasteiger partial charge in [0.2, 0.25) is 5.91 Å². The van der Waals surface area contributed by atoms with Crippen molar-refractivity contribution in [2.24, 2.45) is 5.92 Å². The van der Waals surface area contributed by atoms with Gasteiger partial charge in [0.15, 0.2) is 0 Å². The first-order valence-electron chi connectivity index (χ1n) is 9.39. The van der Waals surface area contributed by atoms with Gasteiger partial charge >= 0.3 is 6.09 Å². The van der Waals surface area contributed by atoms with Crippen LogP contribution in [0, 0.1) is 5.92 Å². The zero-order chi connectivity index (χ0) is 21.2. The lowest BCUT2D eigenvalue weighted by Crippen LogP contribution is -2.56. The Hall–Kier alpha value is -3.35. The maximum atomic E-state index is 12.7. The molecule has 2 rings (SSSR count). The van der Waals surface area contributed by atoms with E-state index in [0.29, 0.717) is 0 Å². The number of amides is 2. The van der Waals surface area contributed by atoms with Gasteiger partial charge in [0.1, 0.15) is 12.6 Å². The van der Waals surface area contributed by atoms with Crippen molar-refractivity contribution in [3.63, 3.8) is 0 Å². The quantitative estimate of drug-likeness (QED) is 0.665. The van der Waals surface area contributed by atoms with Crippen LogP contribution in [0.15, 0.2) is 60.7 Å². The number of rotatable bonds is 9. The van der Waals surface area contributed by atoms with Crippen molar-refractivity contribution >= 4 is 18.0 Å². The van der Waals surface area contributed by atoms with Crippen LogP contribution in [0.2, 0.25) is 0 Å². The van der Waals surface area contributed by atoms with Gasteiger partial charge in [0, 0.05) is 6.42 Å². The predicted octanol–water partition coefficient (Wildman–Crippen LogP) is 1.41. The molecule has 0 bridgehead atoms. The second kappa shape index (κ2) is 10.8. The van der Waals surface area contributed by atoms with Gasteiger partial charge in [-0.25, -0.2) is 4.79 Å². The fraction of sp³-hybridized carbons (Fsp3) is 0.318. The zero-order valence-corrected chi connectivity index (χ0v) is 16.5. The molecule has 0 saturated heterocycles. The maximum Gasteiger partial charge on any atom is 0.408 e. The van der Waals surface area contributed by atoms with E-state index in [4.69, 9.17) is 4.74 Å². The first-order valence-corrected chi connectivity index (χ1v) is 9.39. The number of carbonyl (C=O) groups excluding carboxylic acids is 3. The number of ether oxygens (including phenoxy) is 1. The van der Waals surface area contributed by atoms with E-state index in [1.54, 1.807) is 13.8 Å². The number of hydrogen-bond acceptors (Lipinski definition) is 5. The number of alkyl carbamates (subject to hydrolysis) is 1. The zero-order valence-electron chi connectivity index (χ0n) is 16.5. The smallest absolute Gasteiger partial charge is 0.408 e. The van der Waals surface area contributed by atoms with Crippen molar-refractivity contribution < 1.29 is 24.2 Å². The van der Waals surface area contributed by atoms with E-state index >= 15 is 0 Å². The van der Waals surface area contributed by atoms with E-state index in [2.05, 4.69) is 10.6 Å². The molecule has 0 aromatic heterocycles. The van der Waals surface area contributed by atoms with Crippen LogP contribution in [-0.2, 0) is 27.4 Å². The van der Waals surface area contributed by atoms with E-state index in [9.17, 15) is 19.5 Å². The second-order valence-electron chi connectivity index (χ2n) is 7.00. The molecule has 0 spiro atoms. The Morgan fingerprint density at radius 3 is 1.97 bits per heavy atom. The van der Waals surface area contributed by atoms with E-state index < -0.39 is 30.1 Å². The highest BCUT2D eigenvalue weighted by Crippen LogP contribution is 2.07. The average molecular weight is 397 g/mol. The van der Waals surface area contributed by atoms with Crippen LogP contribution in [0.3, 0.4) is 0 Å². The molecule has 7 heteroatoms. The summed E-state index contributed by atoms with van der Waals surface area (Å²) in [7, 11) is 0. The first kappa shape index (κ1) is 21.9. The van der Waals surface area contributed by atoms with E-state index in [1.165, 1.54) is 0 Å². The molecular formula is C22H25N2O5-. The summed E-state index contributed by atoms with van der Waals surface area (Å²) in [6.07, 6.45) is -0.579. The second-order valence-corrected chi connectivity index (χ2v) is 7.00. The lowest BCUT2D eigenvalue weighted by molar-refractivity contribution is -0.309. The van der Waals surface area contributed by atoms with Gasteiger partial charge < -0.3 is 25.3 Å². The summed E-state index contributed by atoms with van der Waals surface area (Å²) in [5.41, 5.74) is 1.62. The molecule has 0 aliphatic rings. The van der Waals surface area contributed by atoms with Gasteiger partial charge in [0.05, 0.1) is 12.0 Å². The van der Waals surface area contributed by atoms with Crippen LogP contribution in [0.5, 0.6) is 0 Å². The Morgan fingerprint density at radius 1 is 0.897 bits per heavy atom. The van der Waals surface area contributed by atoms with Crippen LogP contribution < -0.4 is 15.7 Å². The highest BCUT2D eigenvalue weighted by Gasteiger charge is 2.26. The van der Waals surface area contributed by atoms with Crippen molar-refractivity contribution in [1.29, 1.82) is 0 Å². The number of carboxylic acid groups (broad SMARTS) is 1. The molecule has 2 aromatic carbocycles. The summed E-state index contributed by atoms with van der Waals surface area (Å²) >= 11 is 0. The summed E-state index contributed by atoms with van der Waals surface area (Å²) in [6.45, 7) is 3.38. The third-order valence-corrected chi connectivity index (χ3v) is 4.32. The highest BCUT2D eigenvalue weighted by molar-refractivity contribution is 5.89. The number of hydrogen-bond donors (Lipinski definition) is 2. The number of carboxylic acids is 1. The molecule has 7 nitrogen and oxygen atoms in total. The number of nitrogens with one attached hydrogen (secondary N) is 2. The molecule has 2 atom stereocenters. The molecule has 2 aromatic rings. The fourth-order valence-corrected chi connectivity index (χ4v) is 2.72. The third kappa shape index (κ3) is 7.29. The van der Waals surface area contributed by atoms with E-state index in [1.807, 2.05) is 60.7 Å². The van der Waals surface area contributed by atoms with Crippen LogP contribution in [-0.4, -0.2) is 30.1 Å². The van der Waals surface area contributed by atoms with E-state index in [0.717, 1.165) is 11.1 Å². The summed E-state index contributed by atoms with van der Waals surface area (Å²) in [5, 5.41) is 16.3. The molecule has 0 saturated carbocycles. The summed E-state index contributed by atoms with van der Waals surface area (Å²) in [4.78, 5) is 36.2. The molecule has 29 heavy (non-hydrogen) atoms. The molecule has 2 N–H and O–H groups in total. The Morgan fingerprint density at radius 2 is 1.45 bits per heavy atom. The summed E-state index contributed by atoms with van der Waals surface area (Å²) in [5.74, 6) is -2.36. The lowest BCUT2D eigenvalue weighted by atomic mass is 10.0. The minimum atomic E-state index is -1.38.